The minimum atomic E-state index is -0.243. The van der Waals surface area contributed by atoms with Crippen LogP contribution in [-0.2, 0) is 13.1 Å². The minimum absolute atomic E-state index is 0.243. The highest BCUT2D eigenvalue weighted by Crippen LogP contribution is 2.35. The van der Waals surface area contributed by atoms with Gasteiger partial charge in [0.2, 0.25) is 12.0 Å². The van der Waals surface area contributed by atoms with Crippen LogP contribution in [0.3, 0.4) is 0 Å². The molecule has 0 bridgehead atoms. The maximum absolute atomic E-state index is 5.13. The van der Waals surface area contributed by atoms with Crippen LogP contribution in [0.1, 0.15) is 41.2 Å². The van der Waals surface area contributed by atoms with Crippen LogP contribution in [0.15, 0.2) is 83.4 Å². The number of amidine groups is 1. The summed E-state index contributed by atoms with van der Waals surface area (Å²) in [5, 5.41) is 11.9. The van der Waals surface area contributed by atoms with Gasteiger partial charge in [-0.15, -0.1) is 0 Å². The molecule has 4 aromatic rings. The molecule has 3 aromatic heterocycles. The van der Waals surface area contributed by atoms with E-state index in [1.54, 1.807) is 0 Å². The Morgan fingerprint density at radius 2 is 1.49 bits per heavy atom. The molecule has 0 fully saturated rings. The summed E-state index contributed by atoms with van der Waals surface area (Å²) < 4.78 is 4.14. The number of rotatable bonds is 5. The Balaban J connectivity index is 1.49. The van der Waals surface area contributed by atoms with Gasteiger partial charge in [0.1, 0.15) is 5.84 Å². The van der Waals surface area contributed by atoms with Crippen molar-refractivity contribution >= 4 is 17.7 Å². The molecule has 35 heavy (non-hydrogen) atoms. The van der Waals surface area contributed by atoms with Gasteiger partial charge in [-0.2, -0.15) is 10.1 Å². The molecular weight excluding hydrogens is 438 g/mol. The van der Waals surface area contributed by atoms with Gasteiger partial charge in [0.05, 0.1) is 13.1 Å². The van der Waals surface area contributed by atoms with Crippen molar-refractivity contribution in [2.75, 3.05) is 0 Å². The Kier molecular flexibility index (Phi) is 5.09. The van der Waals surface area contributed by atoms with E-state index in [4.69, 9.17) is 15.2 Å². The molecule has 0 aliphatic carbocycles. The summed E-state index contributed by atoms with van der Waals surface area (Å²) in [5.74, 6) is 3.36. The van der Waals surface area contributed by atoms with E-state index in [-0.39, 0.29) is 6.17 Å². The number of aryl methyl sites for hydroxylation is 2. The second-order valence-electron chi connectivity index (χ2n) is 8.86. The summed E-state index contributed by atoms with van der Waals surface area (Å²) in [6, 6.07) is 16.6. The number of guanidine groups is 1. The van der Waals surface area contributed by atoms with E-state index in [2.05, 4.69) is 50.6 Å². The first-order valence-corrected chi connectivity index (χ1v) is 11.6. The predicted octanol–water partition coefficient (Wildman–Crippen LogP) is 3.32. The number of hydrogen-bond acceptors (Lipinski definition) is 7. The van der Waals surface area contributed by atoms with E-state index in [0.29, 0.717) is 13.1 Å². The van der Waals surface area contributed by atoms with Gasteiger partial charge < -0.3 is 0 Å². The van der Waals surface area contributed by atoms with Crippen LogP contribution in [0.5, 0.6) is 0 Å². The lowest BCUT2D eigenvalue weighted by Gasteiger charge is -2.28. The highest BCUT2D eigenvalue weighted by molar-refractivity contribution is 6.03. The van der Waals surface area contributed by atoms with Crippen molar-refractivity contribution in [3.8, 4) is 0 Å². The van der Waals surface area contributed by atoms with Gasteiger partial charge in [-0.1, -0.05) is 39.5 Å². The van der Waals surface area contributed by atoms with Gasteiger partial charge in [0, 0.05) is 37.3 Å². The zero-order chi connectivity index (χ0) is 23.9. The lowest BCUT2D eigenvalue weighted by molar-refractivity contribution is -0.682. The summed E-state index contributed by atoms with van der Waals surface area (Å²) in [4.78, 5) is 15.6. The van der Waals surface area contributed by atoms with Crippen molar-refractivity contribution in [3.05, 3.63) is 101 Å². The fraction of sp³-hybridized carbons (Fsp3) is 0.231. The van der Waals surface area contributed by atoms with E-state index < -0.39 is 0 Å². The van der Waals surface area contributed by atoms with E-state index in [1.807, 2.05) is 72.6 Å². The number of hydrogen-bond donors (Lipinski definition) is 0. The van der Waals surface area contributed by atoms with Crippen LogP contribution >= 0.6 is 0 Å². The molecule has 0 spiro atoms. The summed E-state index contributed by atoms with van der Waals surface area (Å²) in [7, 11) is 0. The first-order chi connectivity index (χ1) is 17.1. The van der Waals surface area contributed by atoms with Crippen LogP contribution in [0.4, 0.5) is 5.95 Å². The molecule has 2 aliphatic heterocycles. The smallest absolute Gasteiger partial charge is 0.282 e. The fourth-order valence-electron chi connectivity index (χ4n) is 4.52. The molecule has 0 N–H and O–H groups in total. The first-order valence-electron chi connectivity index (χ1n) is 11.6. The summed E-state index contributed by atoms with van der Waals surface area (Å²) in [6.07, 6.45) is 7.01. The van der Waals surface area contributed by atoms with Crippen molar-refractivity contribution < 1.29 is 4.57 Å². The zero-order valence-electron chi connectivity index (χ0n) is 19.9. The van der Waals surface area contributed by atoms with Gasteiger partial charge in [0.25, 0.3) is 5.96 Å². The van der Waals surface area contributed by atoms with E-state index in [0.717, 1.165) is 40.3 Å². The molecule has 0 saturated heterocycles. The molecule has 1 atom stereocenters. The topological polar surface area (TPSA) is 78.7 Å². The van der Waals surface area contributed by atoms with Gasteiger partial charge >= 0.3 is 5.95 Å². The summed E-state index contributed by atoms with van der Waals surface area (Å²) in [6.45, 7) is 7.45. The third-order valence-electron chi connectivity index (χ3n) is 6.40. The molecule has 9 heteroatoms. The van der Waals surface area contributed by atoms with Crippen molar-refractivity contribution in [1.29, 1.82) is 0 Å². The van der Waals surface area contributed by atoms with Crippen LogP contribution in [-0.4, -0.2) is 41.5 Å². The number of hydrazone groups is 1. The van der Waals surface area contributed by atoms with Gasteiger partial charge in [-0.3, -0.25) is 14.9 Å². The Bertz CT molecular complexity index is 1420. The number of aromatic nitrogens is 5. The van der Waals surface area contributed by atoms with Gasteiger partial charge in [0.15, 0.2) is 0 Å². The molecule has 6 rings (SSSR count). The quantitative estimate of drug-likeness (QED) is 0.424. The van der Waals surface area contributed by atoms with Crippen LogP contribution < -0.4 is 4.57 Å². The molecule has 2 aliphatic rings. The minimum Gasteiger partial charge on any atom is -0.282 e. The maximum Gasteiger partial charge on any atom is 0.388 e. The lowest BCUT2D eigenvalue weighted by Crippen LogP contribution is -2.45. The largest absolute Gasteiger partial charge is 0.388 e. The number of benzene rings is 1. The monoisotopic (exact) mass is 464 g/mol. The Morgan fingerprint density at radius 3 is 2.17 bits per heavy atom. The van der Waals surface area contributed by atoms with Crippen molar-refractivity contribution in [1.82, 2.24) is 29.7 Å². The van der Waals surface area contributed by atoms with Crippen molar-refractivity contribution in [2.45, 2.75) is 40.0 Å². The molecule has 0 radical (unpaired) electrons. The third kappa shape index (κ3) is 3.74. The second-order valence-corrected chi connectivity index (χ2v) is 8.86. The zero-order valence-corrected chi connectivity index (χ0v) is 19.9. The molecule has 174 valence electrons. The molecule has 0 amide bonds. The SMILES string of the molecule is CC1=NN2C(=Nc3n(nc(C)[n+]3Cc3ccncc3)C2c2ccc(C)cc2)N1Cc1ccncc1. The standard InChI is InChI=1S/C26H26N9/c1-18-4-6-23(7-5-18)24-34-25(32(19(2)30-34)16-21-8-12-27-13-9-21)29-26-33(20(3)31-35(24)26)17-22-10-14-28-15-11-22/h4-15,24H,16-17H2,1-3H3/q+1. The second kappa shape index (κ2) is 8.43. The first kappa shape index (κ1) is 21.2. The number of pyridine rings is 2. The average Bonchev–Trinajstić information content (AvgIpc) is 3.35. The number of aliphatic imine (C=N–C) groups is 1. The molecule has 9 nitrogen and oxygen atoms in total. The third-order valence-corrected chi connectivity index (χ3v) is 6.40. The van der Waals surface area contributed by atoms with E-state index in [1.165, 1.54) is 5.56 Å². The molecular formula is C26H26N9+. The fourth-order valence-corrected chi connectivity index (χ4v) is 4.52. The summed E-state index contributed by atoms with van der Waals surface area (Å²) >= 11 is 0. The van der Waals surface area contributed by atoms with E-state index in [9.17, 15) is 0 Å². The van der Waals surface area contributed by atoms with Crippen LogP contribution in [0, 0.1) is 13.8 Å². The van der Waals surface area contributed by atoms with Gasteiger partial charge in [-0.05, 0) is 54.3 Å². The van der Waals surface area contributed by atoms with E-state index >= 15 is 0 Å². The van der Waals surface area contributed by atoms with Gasteiger partial charge in [-0.25, -0.2) is 4.57 Å². The normalized spacial score (nSPS) is 16.6. The Labute approximate surface area is 203 Å². The lowest BCUT2D eigenvalue weighted by atomic mass is 10.1. The Hall–Kier alpha value is -4.40. The van der Waals surface area contributed by atoms with Crippen molar-refractivity contribution in [2.24, 2.45) is 10.1 Å². The number of nitrogens with zero attached hydrogens (tertiary/aromatic N) is 9. The Morgan fingerprint density at radius 1 is 0.829 bits per heavy atom. The summed E-state index contributed by atoms with van der Waals surface area (Å²) in [5.41, 5.74) is 4.60. The molecule has 1 aromatic carbocycles. The molecule has 0 saturated carbocycles. The highest BCUT2D eigenvalue weighted by Gasteiger charge is 2.46. The predicted molar refractivity (Wildman–Crippen MR) is 132 cm³/mol. The van der Waals surface area contributed by atoms with Crippen molar-refractivity contribution in [3.63, 3.8) is 0 Å². The highest BCUT2D eigenvalue weighted by atomic mass is 15.7. The van der Waals surface area contributed by atoms with Crippen LogP contribution in [0.2, 0.25) is 0 Å². The molecule has 1 unspecified atom stereocenters. The average molecular weight is 465 g/mol. The molecule has 5 heterocycles. The van der Waals surface area contributed by atoms with Crippen LogP contribution in [0.25, 0.3) is 0 Å². The maximum atomic E-state index is 5.13. The number of fused-ring (bicyclic) bond motifs is 2.